The Morgan fingerprint density at radius 3 is 2.53 bits per heavy atom. The van der Waals surface area contributed by atoms with Gasteiger partial charge in [-0.1, -0.05) is 45.1 Å². The minimum atomic E-state index is 0.834. The average molecular weight is 234 g/mol. The van der Waals surface area contributed by atoms with Gasteiger partial charge in [-0.15, -0.1) is 0 Å². The standard InChI is InChI=1S/C15H26N2/c1-3-4-5-6-7-8-11-17-15-12-14(16)10-9-13(15)2/h9-10,12,17H,3-8,11,16H2,1-2H3. The first kappa shape index (κ1) is 13.9. The fourth-order valence-corrected chi connectivity index (χ4v) is 1.96. The van der Waals surface area contributed by atoms with Crippen LogP contribution in [-0.2, 0) is 0 Å². The van der Waals surface area contributed by atoms with Gasteiger partial charge in [0, 0.05) is 17.9 Å². The van der Waals surface area contributed by atoms with E-state index < -0.39 is 0 Å². The monoisotopic (exact) mass is 234 g/mol. The van der Waals surface area contributed by atoms with Gasteiger partial charge < -0.3 is 11.1 Å². The van der Waals surface area contributed by atoms with Gasteiger partial charge in [0.05, 0.1) is 0 Å². The van der Waals surface area contributed by atoms with E-state index in [9.17, 15) is 0 Å². The molecule has 0 unspecified atom stereocenters. The molecule has 0 bridgehead atoms. The van der Waals surface area contributed by atoms with Crippen LogP contribution < -0.4 is 11.1 Å². The van der Waals surface area contributed by atoms with Crippen molar-refractivity contribution in [1.82, 2.24) is 0 Å². The fraction of sp³-hybridized carbons (Fsp3) is 0.600. The maximum absolute atomic E-state index is 5.77. The smallest absolute Gasteiger partial charge is 0.0390 e. The molecule has 0 amide bonds. The lowest BCUT2D eigenvalue weighted by molar-refractivity contribution is 0.617. The summed E-state index contributed by atoms with van der Waals surface area (Å²) in [7, 11) is 0. The van der Waals surface area contributed by atoms with Crippen LogP contribution in [0.15, 0.2) is 18.2 Å². The lowest BCUT2D eigenvalue weighted by atomic mass is 10.1. The van der Waals surface area contributed by atoms with Crippen molar-refractivity contribution in [2.45, 2.75) is 52.4 Å². The number of nitrogens with one attached hydrogen (secondary N) is 1. The summed E-state index contributed by atoms with van der Waals surface area (Å²) in [5.74, 6) is 0. The lowest BCUT2D eigenvalue weighted by Gasteiger charge is -2.10. The summed E-state index contributed by atoms with van der Waals surface area (Å²) < 4.78 is 0. The highest BCUT2D eigenvalue weighted by Gasteiger charge is 1.97. The molecule has 0 saturated carbocycles. The van der Waals surface area contributed by atoms with Crippen LogP contribution in [0.25, 0.3) is 0 Å². The van der Waals surface area contributed by atoms with E-state index in [1.54, 1.807) is 0 Å². The van der Waals surface area contributed by atoms with Crippen molar-refractivity contribution in [3.05, 3.63) is 23.8 Å². The molecule has 17 heavy (non-hydrogen) atoms. The minimum absolute atomic E-state index is 0.834. The van der Waals surface area contributed by atoms with E-state index in [1.807, 2.05) is 12.1 Å². The Hall–Kier alpha value is -1.18. The van der Waals surface area contributed by atoms with Crippen LogP contribution in [0.3, 0.4) is 0 Å². The molecule has 0 fully saturated rings. The zero-order valence-corrected chi connectivity index (χ0v) is 11.3. The normalized spacial score (nSPS) is 10.5. The Labute approximate surface area is 106 Å². The summed E-state index contributed by atoms with van der Waals surface area (Å²) >= 11 is 0. The molecule has 2 nitrogen and oxygen atoms in total. The lowest BCUT2D eigenvalue weighted by Crippen LogP contribution is -2.03. The van der Waals surface area contributed by atoms with E-state index in [0.29, 0.717) is 0 Å². The van der Waals surface area contributed by atoms with E-state index in [-0.39, 0.29) is 0 Å². The van der Waals surface area contributed by atoms with Crippen molar-refractivity contribution in [3.63, 3.8) is 0 Å². The van der Waals surface area contributed by atoms with Crippen molar-refractivity contribution in [2.75, 3.05) is 17.6 Å². The minimum Gasteiger partial charge on any atom is -0.399 e. The van der Waals surface area contributed by atoms with Crippen molar-refractivity contribution in [3.8, 4) is 0 Å². The molecule has 0 spiro atoms. The van der Waals surface area contributed by atoms with Gasteiger partial charge in [0.25, 0.3) is 0 Å². The van der Waals surface area contributed by atoms with Gasteiger partial charge in [-0.3, -0.25) is 0 Å². The molecule has 0 atom stereocenters. The maximum Gasteiger partial charge on any atom is 0.0390 e. The third kappa shape index (κ3) is 5.62. The Morgan fingerprint density at radius 1 is 1.06 bits per heavy atom. The molecule has 0 aromatic heterocycles. The topological polar surface area (TPSA) is 38.0 Å². The van der Waals surface area contributed by atoms with E-state index in [1.165, 1.54) is 49.8 Å². The molecule has 1 aromatic carbocycles. The highest BCUT2D eigenvalue weighted by molar-refractivity contribution is 5.59. The average Bonchev–Trinajstić information content (AvgIpc) is 2.32. The summed E-state index contributed by atoms with van der Waals surface area (Å²) in [4.78, 5) is 0. The van der Waals surface area contributed by atoms with Crippen molar-refractivity contribution < 1.29 is 0 Å². The number of benzene rings is 1. The van der Waals surface area contributed by atoms with E-state index >= 15 is 0 Å². The number of anilines is 2. The van der Waals surface area contributed by atoms with Gasteiger partial charge in [-0.2, -0.15) is 0 Å². The molecule has 1 rings (SSSR count). The molecular formula is C15H26N2. The second kappa shape index (κ2) is 7.99. The van der Waals surface area contributed by atoms with E-state index in [0.717, 1.165) is 12.2 Å². The molecule has 0 saturated heterocycles. The number of nitrogen functional groups attached to an aromatic ring is 1. The summed E-state index contributed by atoms with van der Waals surface area (Å²) in [5.41, 5.74) is 9.05. The van der Waals surface area contributed by atoms with Crippen LogP contribution in [0.5, 0.6) is 0 Å². The number of unbranched alkanes of at least 4 members (excludes halogenated alkanes) is 5. The molecular weight excluding hydrogens is 208 g/mol. The van der Waals surface area contributed by atoms with Crippen LogP contribution >= 0.6 is 0 Å². The number of nitrogens with two attached hydrogens (primary N) is 1. The zero-order chi connectivity index (χ0) is 12.5. The summed E-state index contributed by atoms with van der Waals surface area (Å²) in [6, 6.07) is 6.04. The molecule has 1 aromatic rings. The van der Waals surface area contributed by atoms with Crippen LogP contribution in [0.2, 0.25) is 0 Å². The largest absolute Gasteiger partial charge is 0.399 e. The molecule has 0 radical (unpaired) electrons. The highest BCUT2D eigenvalue weighted by atomic mass is 14.9. The summed E-state index contributed by atoms with van der Waals surface area (Å²) in [6.45, 7) is 5.42. The van der Waals surface area contributed by atoms with Crippen molar-refractivity contribution >= 4 is 11.4 Å². The van der Waals surface area contributed by atoms with E-state index in [4.69, 9.17) is 5.73 Å². The number of hydrogen-bond acceptors (Lipinski definition) is 2. The number of hydrogen-bond donors (Lipinski definition) is 2. The molecule has 0 aliphatic rings. The maximum atomic E-state index is 5.77. The number of aryl methyl sites for hydroxylation is 1. The molecule has 0 heterocycles. The summed E-state index contributed by atoms with van der Waals surface area (Å²) in [6.07, 6.45) is 8.02. The van der Waals surface area contributed by atoms with Gasteiger partial charge in [0.15, 0.2) is 0 Å². The van der Waals surface area contributed by atoms with Crippen LogP contribution in [0.1, 0.15) is 51.0 Å². The fourth-order valence-electron chi connectivity index (χ4n) is 1.96. The van der Waals surface area contributed by atoms with Crippen molar-refractivity contribution in [2.24, 2.45) is 0 Å². The molecule has 3 N–H and O–H groups in total. The van der Waals surface area contributed by atoms with Gasteiger partial charge in [-0.25, -0.2) is 0 Å². The van der Waals surface area contributed by atoms with Gasteiger partial charge >= 0.3 is 0 Å². The van der Waals surface area contributed by atoms with Crippen LogP contribution in [0, 0.1) is 6.92 Å². The van der Waals surface area contributed by atoms with E-state index in [2.05, 4.69) is 25.2 Å². The first-order chi connectivity index (χ1) is 8.24. The molecule has 96 valence electrons. The molecule has 0 aliphatic heterocycles. The third-order valence-corrected chi connectivity index (χ3v) is 3.11. The molecule has 2 heteroatoms. The quantitative estimate of drug-likeness (QED) is 0.518. The predicted octanol–water partition coefficient (Wildman–Crippen LogP) is 4.35. The molecule has 0 aliphatic carbocycles. The second-order valence-electron chi connectivity index (χ2n) is 4.77. The predicted molar refractivity (Wildman–Crippen MR) is 77.5 cm³/mol. The van der Waals surface area contributed by atoms with Crippen LogP contribution in [0.4, 0.5) is 11.4 Å². The van der Waals surface area contributed by atoms with Crippen molar-refractivity contribution in [1.29, 1.82) is 0 Å². The Morgan fingerprint density at radius 2 is 1.76 bits per heavy atom. The summed E-state index contributed by atoms with van der Waals surface area (Å²) in [5, 5.41) is 3.46. The second-order valence-corrected chi connectivity index (χ2v) is 4.77. The first-order valence-electron chi connectivity index (χ1n) is 6.84. The number of rotatable bonds is 8. The zero-order valence-electron chi connectivity index (χ0n) is 11.3. The van der Waals surface area contributed by atoms with Gasteiger partial charge in [0.2, 0.25) is 0 Å². The van der Waals surface area contributed by atoms with Gasteiger partial charge in [-0.05, 0) is 31.0 Å². The first-order valence-corrected chi connectivity index (χ1v) is 6.84. The Balaban J connectivity index is 2.15. The van der Waals surface area contributed by atoms with Crippen LogP contribution in [-0.4, -0.2) is 6.54 Å². The highest BCUT2D eigenvalue weighted by Crippen LogP contribution is 2.18. The Kier molecular flexibility index (Phi) is 6.53. The third-order valence-electron chi connectivity index (χ3n) is 3.11. The Bertz CT molecular complexity index is 321. The SMILES string of the molecule is CCCCCCCCNc1cc(N)ccc1C. The van der Waals surface area contributed by atoms with Gasteiger partial charge in [0.1, 0.15) is 0 Å².